The van der Waals surface area contributed by atoms with Crippen molar-refractivity contribution in [3.05, 3.63) is 105 Å². The fraction of sp³-hybridized carbons (Fsp3) is 0.103. The minimum Gasteiger partial charge on any atom is -0.490 e. The molecule has 37 heavy (non-hydrogen) atoms. The van der Waals surface area contributed by atoms with Gasteiger partial charge in [0.25, 0.3) is 5.91 Å². The van der Waals surface area contributed by atoms with Crippen LogP contribution in [0, 0.1) is 0 Å². The molecule has 0 unspecified atom stereocenters. The lowest BCUT2D eigenvalue weighted by Gasteiger charge is -2.15. The summed E-state index contributed by atoms with van der Waals surface area (Å²) in [5, 5.41) is 6.53. The van der Waals surface area contributed by atoms with Gasteiger partial charge < -0.3 is 14.8 Å². The van der Waals surface area contributed by atoms with Gasteiger partial charge in [-0.3, -0.25) is 4.79 Å². The lowest BCUT2D eigenvalue weighted by Crippen LogP contribution is -2.19. The second kappa shape index (κ2) is 11.3. The summed E-state index contributed by atoms with van der Waals surface area (Å²) in [6.45, 7) is 2.63. The molecule has 0 atom stereocenters. The summed E-state index contributed by atoms with van der Waals surface area (Å²) in [6.07, 6.45) is 1.77. The zero-order valence-corrected chi connectivity index (χ0v) is 22.2. The Morgan fingerprint density at radius 1 is 0.973 bits per heavy atom. The van der Waals surface area contributed by atoms with E-state index in [1.54, 1.807) is 12.1 Å². The number of carbonyl (C=O) groups excluding carboxylic acids is 1. The van der Waals surface area contributed by atoms with Crippen LogP contribution in [0.2, 0.25) is 10.0 Å². The molecular weight excluding hydrogens is 527 g/mol. The number of nitrogens with zero attached hydrogens (tertiary/aromatic N) is 1. The van der Waals surface area contributed by atoms with Crippen LogP contribution >= 0.6 is 35.0 Å². The Hall–Kier alpha value is -3.45. The van der Waals surface area contributed by atoms with E-state index in [0.29, 0.717) is 44.8 Å². The molecule has 0 aliphatic carbocycles. The van der Waals surface area contributed by atoms with Crippen LogP contribution in [-0.2, 0) is 11.4 Å². The first-order valence-electron chi connectivity index (χ1n) is 11.6. The van der Waals surface area contributed by atoms with Crippen molar-refractivity contribution in [1.29, 1.82) is 0 Å². The molecule has 1 saturated heterocycles. The van der Waals surface area contributed by atoms with E-state index in [2.05, 4.69) is 5.32 Å². The van der Waals surface area contributed by atoms with Gasteiger partial charge in [0, 0.05) is 10.4 Å². The Morgan fingerprint density at radius 2 is 1.76 bits per heavy atom. The molecule has 0 bridgehead atoms. The van der Waals surface area contributed by atoms with Crippen molar-refractivity contribution in [3.8, 4) is 11.5 Å². The highest BCUT2D eigenvalue weighted by molar-refractivity contribution is 8.18. The summed E-state index contributed by atoms with van der Waals surface area (Å²) in [6, 6.07) is 24.9. The molecular formula is C29H22Cl2N2O3S. The average Bonchev–Trinajstić information content (AvgIpc) is 3.23. The molecule has 5 nitrogen and oxygen atoms in total. The second-order valence-electron chi connectivity index (χ2n) is 8.16. The quantitative estimate of drug-likeness (QED) is 0.237. The van der Waals surface area contributed by atoms with Crippen LogP contribution in [0.4, 0.5) is 5.69 Å². The molecule has 0 aromatic heterocycles. The number of amidine groups is 1. The van der Waals surface area contributed by atoms with Crippen LogP contribution in [-0.4, -0.2) is 17.7 Å². The monoisotopic (exact) mass is 548 g/mol. The molecule has 1 N–H and O–H groups in total. The number of aliphatic imine (C=N–C) groups is 1. The third-order valence-corrected chi connectivity index (χ3v) is 7.01. The van der Waals surface area contributed by atoms with Crippen LogP contribution in [0.25, 0.3) is 16.8 Å². The highest BCUT2D eigenvalue weighted by atomic mass is 35.5. The molecule has 0 radical (unpaired) electrons. The summed E-state index contributed by atoms with van der Waals surface area (Å²) in [4.78, 5) is 17.9. The molecule has 1 fully saturated rings. The minimum absolute atomic E-state index is 0.221. The van der Waals surface area contributed by atoms with Crippen molar-refractivity contribution in [1.82, 2.24) is 5.32 Å². The first kappa shape index (κ1) is 25.2. The Labute approximate surface area is 229 Å². The maximum Gasteiger partial charge on any atom is 0.264 e. The topological polar surface area (TPSA) is 59.9 Å². The lowest BCUT2D eigenvalue weighted by atomic mass is 10.1. The fourth-order valence-corrected chi connectivity index (χ4v) is 5.09. The van der Waals surface area contributed by atoms with E-state index in [0.717, 1.165) is 27.6 Å². The van der Waals surface area contributed by atoms with Gasteiger partial charge in [0.1, 0.15) is 6.61 Å². The normalized spacial score (nSPS) is 15.4. The van der Waals surface area contributed by atoms with Crippen molar-refractivity contribution in [2.24, 2.45) is 4.99 Å². The first-order chi connectivity index (χ1) is 18.0. The minimum atomic E-state index is -0.221. The molecule has 4 aromatic carbocycles. The number of amides is 1. The van der Waals surface area contributed by atoms with Crippen LogP contribution < -0.4 is 14.8 Å². The van der Waals surface area contributed by atoms with E-state index < -0.39 is 0 Å². The van der Waals surface area contributed by atoms with Crippen molar-refractivity contribution in [2.75, 3.05) is 6.61 Å². The van der Waals surface area contributed by atoms with Crippen molar-refractivity contribution in [3.63, 3.8) is 0 Å². The summed E-state index contributed by atoms with van der Waals surface area (Å²) in [5.41, 5.74) is 2.47. The van der Waals surface area contributed by atoms with Gasteiger partial charge >= 0.3 is 0 Å². The number of ether oxygens (including phenoxy) is 2. The van der Waals surface area contributed by atoms with E-state index in [9.17, 15) is 4.79 Å². The number of thioether (sulfide) groups is 1. The summed E-state index contributed by atoms with van der Waals surface area (Å²) < 4.78 is 11.8. The number of fused-ring (bicyclic) bond motifs is 1. The summed E-state index contributed by atoms with van der Waals surface area (Å²) in [5.74, 6) is 0.729. The zero-order chi connectivity index (χ0) is 25.8. The van der Waals surface area contributed by atoms with Crippen LogP contribution in [0.1, 0.15) is 18.1 Å². The van der Waals surface area contributed by atoms with Gasteiger partial charge in [-0.2, -0.15) is 0 Å². The Kier molecular flexibility index (Phi) is 7.70. The molecule has 0 saturated carbocycles. The van der Waals surface area contributed by atoms with Crippen molar-refractivity contribution >= 4 is 68.6 Å². The number of nitrogens with one attached hydrogen (secondary N) is 1. The van der Waals surface area contributed by atoms with E-state index in [4.69, 9.17) is 37.7 Å². The van der Waals surface area contributed by atoms with E-state index in [1.807, 2.05) is 79.7 Å². The number of hydrogen-bond acceptors (Lipinski definition) is 5. The molecule has 5 rings (SSSR count). The molecule has 1 heterocycles. The van der Waals surface area contributed by atoms with Gasteiger partial charge in [0.15, 0.2) is 16.7 Å². The number of hydrogen-bond donors (Lipinski definition) is 1. The maximum absolute atomic E-state index is 12.7. The van der Waals surface area contributed by atoms with Gasteiger partial charge in [0.05, 0.1) is 22.2 Å². The van der Waals surface area contributed by atoms with Gasteiger partial charge in [-0.15, -0.1) is 0 Å². The van der Waals surface area contributed by atoms with Crippen molar-refractivity contribution < 1.29 is 14.3 Å². The van der Waals surface area contributed by atoms with Gasteiger partial charge in [0.2, 0.25) is 0 Å². The summed E-state index contributed by atoms with van der Waals surface area (Å²) >= 11 is 13.8. The number of carbonyl (C=O) groups is 1. The molecule has 8 heteroatoms. The SMILES string of the molecule is CCOc1cc(/C=C2\SC(=Nc3cccc4ccccc34)NC2=O)cc(Cl)c1OCc1ccc(Cl)cc1. The predicted octanol–water partition coefficient (Wildman–Crippen LogP) is 8.02. The largest absolute Gasteiger partial charge is 0.490 e. The van der Waals surface area contributed by atoms with Crippen LogP contribution in [0.15, 0.2) is 88.8 Å². The Bertz CT molecular complexity index is 1530. The standard InChI is InChI=1S/C29H22Cl2N2O3S/c1-2-35-25-15-19(14-23(31)27(25)36-17-18-10-12-21(30)13-11-18)16-26-28(34)33-29(37-26)32-24-9-5-7-20-6-3-4-8-22(20)24/h3-16H,2,17H2,1H3,(H,32,33,34)/b26-16-. The number of rotatable bonds is 7. The molecule has 1 aliphatic rings. The van der Waals surface area contributed by atoms with Crippen molar-refractivity contribution in [2.45, 2.75) is 13.5 Å². The average molecular weight is 549 g/mol. The maximum atomic E-state index is 12.7. The smallest absolute Gasteiger partial charge is 0.264 e. The lowest BCUT2D eigenvalue weighted by molar-refractivity contribution is -0.115. The number of halogens is 2. The van der Waals surface area contributed by atoms with E-state index in [-0.39, 0.29) is 5.91 Å². The molecule has 1 aliphatic heterocycles. The Morgan fingerprint density at radius 3 is 2.57 bits per heavy atom. The highest BCUT2D eigenvalue weighted by Crippen LogP contribution is 2.39. The zero-order valence-electron chi connectivity index (χ0n) is 19.8. The molecule has 0 spiro atoms. The highest BCUT2D eigenvalue weighted by Gasteiger charge is 2.24. The summed E-state index contributed by atoms with van der Waals surface area (Å²) in [7, 11) is 0. The van der Waals surface area contributed by atoms with Gasteiger partial charge in [-0.25, -0.2) is 4.99 Å². The van der Waals surface area contributed by atoms with Gasteiger partial charge in [-0.05, 0) is 71.6 Å². The van der Waals surface area contributed by atoms with Gasteiger partial charge in [-0.1, -0.05) is 71.7 Å². The first-order valence-corrected chi connectivity index (χ1v) is 13.2. The second-order valence-corrected chi connectivity index (χ2v) is 10.0. The molecule has 4 aromatic rings. The van der Waals surface area contributed by atoms with E-state index >= 15 is 0 Å². The van der Waals surface area contributed by atoms with E-state index in [1.165, 1.54) is 11.8 Å². The predicted molar refractivity (Wildman–Crippen MR) is 153 cm³/mol. The Balaban J connectivity index is 1.39. The third-order valence-electron chi connectivity index (χ3n) is 5.57. The third kappa shape index (κ3) is 5.93. The molecule has 186 valence electrons. The van der Waals surface area contributed by atoms with Crippen LogP contribution in [0.5, 0.6) is 11.5 Å². The molecule has 1 amide bonds. The number of benzene rings is 4. The fourth-order valence-electron chi connectivity index (χ4n) is 3.86. The van der Waals surface area contributed by atoms with Crippen LogP contribution in [0.3, 0.4) is 0 Å².